The van der Waals surface area contributed by atoms with Gasteiger partial charge in [-0.3, -0.25) is 14.4 Å². The molecule has 0 saturated heterocycles. The van der Waals surface area contributed by atoms with Crippen molar-refractivity contribution in [1.29, 1.82) is 0 Å². The number of fused-ring (bicyclic) bond motifs is 2. The molecule has 2 aliphatic carbocycles. The summed E-state index contributed by atoms with van der Waals surface area (Å²) in [6.07, 6.45) is 4.83. The van der Waals surface area contributed by atoms with Gasteiger partial charge in [0.2, 0.25) is 0 Å². The number of aromatic nitrogens is 3. The Hall–Kier alpha value is -3.79. The van der Waals surface area contributed by atoms with Gasteiger partial charge in [-0.05, 0) is 68.1 Å². The first-order chi connectivity index (χ1) is 19.7. The average molecular weight is 582 g/mol. The molecule has 2 unspecified atom stereocenters. The fourth-order valence-corrected chi connectivity index (χ4v) is 6.59. The maximum absolute atomic E-state index is 13.6. The summed E-state index contributed by atoms with van der Waals surface area (Å²) in [5.74, 6) is -0.985. The Morgan fingerprint density at radius 2 is 1.93 bits per heavy atom. The summed E-state index contributed by atoms with van der Waals surface area (Å²) >= 11 is 5.85. The third-order valence-corrected chi connectivity index (χ3v) is 8.70. The zero-order valence-electron chi connectivity index (χ0n) is 23.0. The lowest BCUT2D eigenvalue weighted by Gasteiger charge is -2.38. The van der Waals surface area contributed by atoms with Crippen LogP contribution in [-0.4, -0.2) is 45.0 Å². The zero-order chi connectivity index (χ0) is 29.3. The van der Waals surface area contributed by atoms with Crippen molar-refractivity contribution in [2.24, 2.45) is 23.7 Å². The van der Waals surface area contributed by atoms with Gasteiger partial charge in [0.05, 0.1) is 16.6 Å². The topological polar surface area (TPSA) is 115 Å². The fraction of sp³-hybridized carbons (Fsp3) is 0.433. The first-order valence-electron chi connectivity index (χ1n) is 13.8. The number of nitrogens with one attached hydrogen (secondary N) is 2. The highest BCUT2D eigenvalue weighted by atomic mass is 35.5. The number of aryl methyl sites for hydroxylation is 1. The van der Waals surface area contributed by atoms with Gasteiger partial charge in [-0.25, -0.2) is 13.9 Å². The van der Waals surface area contributed by atoms with Crippen LogP contribution in [0, 0.1) is 36.4 Å². The summed E-state index contributed by atoms with van der Waals surface area (Å²) in [7, 11) is 0. The lowest BCUT2D eigenvalue weighted by Crippen LogP contribution is -2.44. The predicted octanol–water partition coefficient (Wildman–Crippen LogP) is 4.66. The van der Waals surface area contributed by atoms with E-state index < -0.39 is 11.7 Å². The highest BCUT2D eigenvalue weighted by molar-refractivity contribution is 6.30. The lowest BCUT2D eigenvalue weighted by atomic mass is 9.68. The van der Waals surface area contributed by atoms with Crippen LogP contribution in [0.1, 0.15) is 64.8 Å². The molecule has 216 valence electrons. The molecule has 1 aromatic carbocycles. The van der Waals surface area contributed by atoms with E-state index in [0.717, 1.165) is 19.3 Å². The molecule has 2 N–H and O–H groups in total. The summed E-state index contributed by atoms with van der Waals surface area (Å²) in [5.41, 5.74) is 1.92. The van der Waals surface area contributed by atoms with Gasteiger partial charge in [0.15, 0.2) is 5.65 Å². The summed E-state index contributed by atoms with van der Waals surface area (Å²) in [4.78, 5) is 43.6. The molecule has 3 aromatic rings. The van der Waals surface area contributed by atoms with Crippen molar-refractivity contribution >= 4 is 35.0 Å². The minimum atomic E-state index is -0.539. The van der Waals surface area contributed by atoms with Gasteiger partial charge in [-0.15, -0.1) is 0 Å². The van der Waals surface area contributed by atoms with Crippen LogP contribution in [0.2, 0.25) is 5.02 Å². The van der Waals surface area contributed by atoms with Crippen molar-refractivity contribution in [3.8, 4) is 0 Å². The number of nitrogens with zero attached hydrogens (tertiary/aromatic N) is 3. The maximum Gasteiger partial charge on any atom is 0.309 e. The van der Waals surface area contributed by atoms with Crippen molar-refractivity contribution in [3.05, 3.63) is 76.5 Å². The van der Waals surface area contributed by atoms with E-state index in [0.29, 0.717) is 29.2 Å². The summed E-state index contributed by atoms with van der Waals surface area (Å²) in [6.45, 7) is 7.82. The standard InChI is InChI=1S/C30H33ClFN5O4/c1-4-11-41-30(40)20-6-7-21-19(17(20)3)8-10-24(21)35-29(39)26-14-25(34-27-12-16(2)36-37(26)27)28(38)33-15-18-5-9-23(32)22(31)13-18/h4-5,9,12-14,17,19-21,24H,1,6-8,10-11,15H2,2-3H3,(H,33,38)(H,35,39)/t17?,19-,20-,21?,24-/m0/s1. The van der Waals surface area contributed by atoms with Gasteiger partial charge < -0.3 is 15.4 Å². The molecule has 11 heteroatoms. The molecule has 41 heavy (non-hydrogen) atoms. The molecule has 0 bridgehead atoms. The Morgan fingerprint density at radius 3 is 2.68 bits per heavy atom. The Bertz CT molecular complexity index is 1510. The summed E-state index contributed by atoms with van der Waals surface area (Å²) in [6, 6.07) is 7.29. The molecule has 2 aliphatic rings. The van der Waals surface area contributed by atoms with Crippen molar-refractivity contribution < 1.29 is 23.5 Å². The number of halogens is 2. The van der Waals surface area contributed by atoms with E-state index >= 15 is 0 Å². The Morgan fingerprint density at radius 1 is 1.15 bits per heavy atom. The number of benzene rings is 1. The minimum absolute atomic E-state index is 0.0327. The van der Waals surface area contributed by atoms with Gasteiger partial charge in [0.25, 0.3) is 11.8 Å². The van der Waals surface area contributed by atoms with Crippen LogP contribution >= 0.6 is 11.6 Å². The van der Waals surface area contributed by atoms with Gasteiger partial charge in [0, 0.05) is 24.7 Å². The Labute approximate surface area is 242 Å². The number of carbonyl (C=O) groups is 3. The lowest BCUT2D eigenvalue weighted by molar-refractivity contribution is -0.152. The largest absolute Gasteiger partial charge is 0.461 e. The van der Waals surface area contributed by atoms with Crippen LogP contribution in [0.3, 0.4) is 0 Å². The van der Waals surface area contributed by atoms with E-state index in [1.54, 1.807) is 19.1 Å². The highest BCUT2D eigenvalue weighted by Crippen LogP contribution is 2.48. The number of rotatable bonds is 8. The van der Waals surface area contributed by atoms with E-state index in [1.165, 1.54) is 28.8 Å². The van der Waals surface area contributed by atoms with Crippen LogP contribution in [0.25, 0.3) is 5.65 Å². The maximum atomic E-state index is 13.6. The van der Waals surface area contributed by atoms with Crippen LogP contribution in [0.15, 0.2) is 43.0 Å². The molecule has 2 heterocycles. The molecule has 0 aliphatic heterocycles. The smallest absolute Gasteiger partial charge is 0.309 e. The Balaban J connectivity index is 1.30. The quantitative estimate of drug-likeness (QED) is 0.295. The molecule has 0 radical (unpaired) electrons. The van der Waals surface area contributed by atoms with Crippen molar-refractivity contribution in [2.45, 2.75) is 52.1 Å². The second kappa shape index (κ2) is 12.0. The number of amides is 2. The van der Waals surface area contributed by atoms with Gasteiger partial charge >= 0.3 is 5.97 Å². The van der Waals surface area contributed by atoms with E-state index in [4.69, 9.17) is 16.3 Å². The minimum Gasteiger partial charge on any atom is -0.461 e. The predicted molar refractivity (Wildman–Crippen MR) is 151 cm³/mol. The monoisotopic (exact) mass is 581 g/mol. The molecule has 9 nitrogen and oxygen atoms in total. The number of hydrogen-bond acceptors (Lipinski definition) is 6. The number of hydrogen-bond donors (Lipinski definition) is 2. The number of esters is 1. The summed E-state index contributed by atoms with van der Waals surface area (Å²) in [5, 5.41) is 10.3. The van der Waals surface area contributed by atoms with Gasteiger partial charge in [0.1, 0.15) is 23.8 Å². The Kier molecular flexibility index (Phi) is 8.40. The molecule has 5 rings (SSSR count). The fourth-order valence-electron chi connectivity index (χ4n) is 6.39. The third kappa shape index (κ3) is 5.98. The van der Waals surface area contributed by atoms with Gasteiger partial charge in [-0.2, -0.15) is 5.10 Å². The van der Waals surface area contributed by atoms with E-state index in [2.05, 4.69) is 34.2 Å². The molecule has 2 amide bonds. The van der Waals surface area contributed by atoms with E-state index in [-0.39, 0.29) is 65.2 Å². The highest BCUT2D eigenvalue weighted by Gasteiger charge is 2.47. The number of ether oxygens (including phenoxy) is 1. The van der Waals surface area contributed by atoms with Crippen LogP contribution < -0.4 is 10.6 Å². The average Bonchev–Trinajstić information content (AvgIpc) is 3.54. The normalized spacial score (nSPS) is 23.6. The first kappa shape index (κ1) is 28.7. The molecule has 0 spiro atoms. The SMILES string of the molecule is C=CCOC(=O)[C@H]1CCC2[C@@H](CC[C@@H]2NC(=O)c2cc(C(=O)NCc3ccc(F)c(Cl)c3)nc3cc(C)nn23)C1C. The van der Waals surface area contributed by atoms with Crippen LogP contribution in [0.5, 0.6) is 0 Å². The molecular formula is C30H33ClFN5O4. The van der Waals surface area contributed by atoms with Crippen molar-refractivity contribution in [2.75, 3.05) is 6.61 Å². The van der Waals surface area contributed by atoms with E-state index in [1.807, 2.05) is 0 Å². The molecular weight excluding hydrogens is 549 g/mol. The second-order valence-corrected chi connectivity index (χ2v) is 11.4. The second-order valence-electron chi connectivity index (χ2n) is 11.0. The number of carbonyl (C=O) groups excluding carboxylic acids is 3. The molecule has 2 fully saturated rings. The molecule has 5 atom stereocenters. The molecule has 2 aromatic heterocycles. The van der Waals surface area contributed by atoms with Crippen molar-refractivity contribution in [1.82, 2.24) is 25.2 Å². The first-order valence-corrected chi connectivity index (χ1v) is 14.2. The third-order valence-electron chi connectivity index (χ3n) is 8.41. The van der Waals surface area contributed by atoms with Crippen LogP contribution in [-0.2, 0) is 16.1 Å². The summed E-state index contributed by atoms with van der Waals surface area (Å²) < 4.78 is 20.3. The zero-order valence-corrected chi connectivity index (χ0v) is 23.8. The van der Waals surface area contributed by atoms with Crippen molar-refractivity contribution in [3.63, 3.8) is 0 Å². The molecule has 2 saturated carbocycles. The van der Waals surface area contributed by atoms with Gasteiger partial charge in [-0.1, -0.05) is 37.2 Å². The van der Waals surface area contributed by atoms with Crippen LogP contribution in [0.4, 0.5) is 4.39 Å². The van der Waals surface area contributed by atoms with E-state index in [9.17, 15) is 18.8 Å².